The fourth-order valence-corrected chi connectivity index (χ4v) is 3.42. The standard InChI is InChI=1S/C20H15N5O5.H3N/c1-3-14-16(28-9-26-14)6-11(1)5-13-18(23-20-19(22-13)24-30-25-20)21-8-12-2-4-15-17(7-12)29-10-27-15;/h1-4,6-7H,5,8-10H2,(H,21,23,25);1H3. The quantitative estimate of drug-likeness (QED) is 0.489. The lowest BCUT2D eigenvalue weighted by Crippen LogP contribution is -2.07. The van der Waals surface area contributed by atoms with Crippen molar-refractivity contribution in [2.45, 2.75) is 13.0 Å². The molecular formula is C20H18N6O5. The van der Waals surface area contributed by atoms with E-state index in [1.807, 2.05) is 36.4 Å². The molecule has 0 saturated carbocycles. The highest BCUT2D eigenvalue weighted by Gasteiger charge is 2.18. The highest BCUT2D eigenvalue weighted by Crippen LogP contribution is 2.34. The second-order valence-corrected chi connectivity index (χ2v) is 6.84. The molecule has 0 amide bonds. The van der Waals surface area contributed by atoms with E-state index in [1.54, 1.807) is 0 Å². The third-order valence-electron chi connectivity index (χ3n) is 4.89. The molecule has 6 rings (SSSR count). The lowest BCUT2D eigenvalue weighted by Gasteiger charge is -2.11. The van der Waals surface area contributed by atoms with Crippen molar-refractivity contribution >= 4 is 17.1 Å². The van der Waals surface area contributed by atoms with Gasteiger partial charge in [-0.25, -0.2) is 14.6 Å². The first-order valence-electron chi connectivity index (χ1n) is 9.32. The number of nitrogens with one attached hydrogen (secondary N) is 1. The molecule has 31 heavy (non-hydrogen) atoms. The number of aromatic nitrogens is 4. The zero-order chi connectivity index (χ0) is 19.9. The molecule has 0 bridgehead atoms. The van der Waals surface area contributed by atoms with Crippen LogP contribution in [0.4, 0.5) is 5.82 Å². The molecular weight excluding hydrogens is 404 g/mol. The van der Waals surface area contributed by atoms with Gasteiger partial charge in [0.2, 0.25) is 24.9 Å². The highest BCUT2D eigenvalue weighted by molar-refractivity contribution is 5.67. The first-order valence-corrected chi connectivity index (χ1v) is 9.32. The van der Waals surface area contributed by atoms with Gasteiger partial charge < -0.3 is 30.4 Å². The molecule has 4 N–H and O–H groups in total. The van der Waals surface area contributed by atoms with Crippen LogP contribution in [0, 0.1) is 0 Å². The molecule has 0 saturated heterocycles. The Morgan fingerprint density at radius 1 is 0.742 bits per heavy atom. The molecule has 11 heteroatoms. The van der Waals surface area contributed by atoms with Crippen LogP contribution in [0.5, 0.6) is 23.0 Å². The van der Waals surface area contributed by atoms with E-state index in [0.29, 0.717) is 30.1 Å². The average molecular weight is 422 g/mol. The zero-order valence-corrected chi connectivity index (χ0v) is 16.3. The summed E-state index contributed by atoms with van der Waals surface area (Å²) in [5, 5.41) is 11.0. The summed E-state index contributed by atoms with van der Waals surface area (Å²) in [7, 11) is 0. The topological polar surface area (TPSA) is 149 Å². The van der Waals surface area contributed by atoms with Crippen molar-refractivity contribution in [1.82, 2.24) is 26.4 Å². The minimum atomic E-state index is 0. The Hall–Kier alpha value is -4.12. The second-order valence-electron chi connectivity index (χ2n) is 6.84. The molecule has 0 fully saturated rings. The molecule has 4 heterocycles. The lowest BCUT2D eigenvalue weighted by atomic mass is 10.1. The van der Waals surface area contributed by atoms with Crippen LogP contribution in [0.1, 0.15) is 16.8 Å². The Labute approximate surface area is 175 Å². The highest BCUT2D eigenvalue weighted by atomic mass is 16.7. The number of nitrogens with zero attached hydrogens (tertiary/aromatic N) is 4. The van der Waals surface area contributed by atoms with Gasteiger partial charge in [-0.15, -0.1) is 0 Å². The van der Waals surface area contributed by atoms with Crippen molar-refractivity contribution in [2.24, 2.45) is 0 Å². The van der Waals surface area contributed by atoms with Gasteiger partial charge >= 0.3 is 0 Å². The summed E-state index contributed by atoms with van der Waals surface area (Å²) >= 11 is 0. The van der Waals surface area contributed by atoms with Gasteiger partial charge in [0.1, 0.15) is 0 Å². The zero-order valence-electron chi connectivity index (χ0n) is 16.3. The van der Waals surface area contributed by atoms with E-state index in [0.717, 1.165) is 39.8 Å². The molecule has 0 aliphatic carbocycles. The maximum Gasteiger partial charge on any atom is 0.245 e. The molecule has 2 aromatic heterocycles. The predicted molar refractivity (Wildman–Crippen MR) is 108 cm³/mol. The summed E-state index contributed by atoms with van der Waals surface area (Å²) in [6.45, 7) is 1.00. The summed E-state index contributed by atoms with van der Waals surface area (Å²) < 4.78 is 26.4. The van der Waals surface area contributed by atoms with Gasteiger partial charge in [-0.1, -0.05) is 12.1 Å². The van der Waals surface area contributed by atoms with Crippen LogP contribution < -0.4 is 30.4 Å². The molecule has 2 aromatic carbocycles. The van der Waals surface area contributed by atoms with Crippen molar-refractivity contribution < 1.29 is 23.6 Å². The second kappa shape index (κ2) is 7.61. The van der Waals surface area contributed by atoms with E-state index in [-0.39, 0.29) is 19.7 Å². The first kappa shape index (κ1) is 18.9. The van der Waals surface area contributed by atoms with Gasteiger partial charge in [0, 0.05) is 13.0 Å². The Balaban J connectivity index is 0.00000204. The molecule has 0 radical (unpaired) electrons. The van der Waals surface area contributed by atoms with Crippen molar-refractivity contribution in [3.8, 4) is 23.0 Å². The van der Waals surface area contributed by atoms with E-state index >= 15 is 0 Å². The molecule has 0 atom stereocenters. The van der Waals surface area contributed by atoms with Crippen LogP contribution in [0.25, 0.3) is 11.3 Å². The molecule has 2 aliphatic rings. The molecule has 0 spiro atoms. The summed E-state index contributed by atoms with van der Waals surface area (Å²) in [6.07, 6.45) is 0.524. The summed E-state index contributed by atoms with van der Waals surface area (Å²) in [5.74, 6) is 3.55. The van der Waals surface area contributed by atoms with E-state index in [9.17, 15) is 0 Å². The number of ether oxygens (including phenoxy) is 4. The van der Waals surface area contributed by atoms with Gasteiger partial charge in [0.05, 0.1) is 5.69 Å². The minimum absolute atomic E-state index is 0. The van der Waals surface area contributed by atoms with Crippen LogP contribution in [-0.4, -0.2) is 33.9 Å². The van der Waals surface area contributed by atoms with Crippen LogP contribution in [0.3, 0.4) is 0 Å². The van der Waals surface area contributed by atoms with Crippen molar-refractivity contribution in [1.29, 1.82) is 0 Å². The summed E-state index contributed by atoms with van der Waals surface area (Å²) in [6, 6.07) is 11.6. The minimum Gasteiger partial charge on any atom is -0.454 e. The number of fused-ring (bicyclic) bond motifs is 3. The summed E-state index contributed by atoms with van der Waals surface area (Å²) in [4.78, 5) is 9.12. The molecule has 0 unspecified atom stereocenters. The molecule has 2 aliphatic heterocycles. The van der Waals surface area contributed by atoms with Crippen molar-refractivity contribution in [2.75, 3.05) is 18.9 Å². The van der Waals surface area contributed by atoms with Crippen molar-refractivity contribution in [3.63, 3.8) is 0 Å². The van der Waals surface area contributed by atoms with Gasteiger partial charge in [-0.2, -0.15) is 0 Å². The number of hydrogen-bond acceptors (Lipinski definition) is 11. The Morgan fingerprint density at radius 3 is 2.10 bits per heavy atom. The van der Waals surface area contributed by atoms with E-state index in [4.69, 9.17) is 23.6 Å². The molecule has 158 valence electrons. The van der Waals surface area contributed by atoms with E-state index < -0.39 is 0 Å². The van der Waals surface area contributed by atoms with Crippen LogP contribution >= 0.6 is 0 Å². The number of benzene rings is 2. The first-order chi connectivity index (χ1) is 14.8. The number of anilines is 1. The largest absolute Gasteiger partial charge is 0.454 e. The number of hydrogen-bond donors (Lipinski definition) is 2. The predicted octanol–water partition coefficient (Wildman–Crippen LogP) is 2.84. The maximum absolute atomic E-state index is 5.47. The summed E-state index contributed by atoms with van der Waals surface area (Å²) in [5.41, 5.74) is 3.46. The Morgan fingerprint density at radius 2 is 1.35 bits per heavy atom. The lowest BCUT2D eigenvalue weighted by molar-refractivity contribution is 0.173. The van der Waals surface area contributed by atoms with E-state index in [2.05, 4.69) is 25.6 Å². The van der Waals surface area contributed by atoms with E-state index in [1.165, 1.54) is 0 Å². The Kier molecular flexibility index (Phi) is 4.64. The smallest absolute Gasteiger partial charge is 0.245 e. The van der Waals surface area contributed by atoms with Crippen LogP contribution in [0.15, 0.2) is 41.0 Å². The van der Waals surface area contributed by atoms with Gasteiger partial charge in [-0.3, -0.25) is 0 Å². The third kappa shape index (κ3) is 3.51. The normalized spacial score (nSPS) is 13.3. The van der Waals surface area contributed by atoms with Crippen molar-refractivity contribution in [3.05, 3.63) is 53.2 Å². The average Bonchev–Trinajstić information content (AvgIpc) is 3.51. The number of rotatable bonds is 5. The maximum atomic E-state index is 5.47. The van der Waals surface area contributed by atoms with Gasteiger partial charge in [-0.05, 0) is 45.7 Å². The molecule has 4 aromatic rings. The van der Waals surface area contributed by atoms with Gasteiger partial charge in [0.25, 0.3) is 0 Å². The third-order valence-corrected chi connectivity index (χ3v) is 4.89. The van der Waals surface area contributed by atoms with Gasteiger partial charge in [0.15, 0.2) is 28.8 Å². The SMILES string of the molecule is N.c1cc2c(cc1CNc1nc3nonc3nc1Cc1ccc3c(c1)OCO3)OCO2. The van der Waals surface area contributed by atoms with Crippen LogP contribution in [0.2, 0.25) is 0 Å². The Bertz CT molecular complexity index is 1260. The van der Waals surface area contributed by atoms with Crippen LogP contribution in [-0.2, 0) is 13.0 Å². The fourth-order valence-electron chi connectivity index (χ4n) is 3.42. The fraction of sp³-hybridized carbons (Fsp3) is 0.200. The molecule has 11 nitrogen and oxygen atoms in total. The monoisotopic (exact) mass is 422 g/mol.